The molecule has 0 radical (unpaired) electrons. The summed E-state index contributed by atoms with van der Waals surface area (Å²) < 4.78 is 37.6. The first-order valence-corrected chi connectivity index (χ1v) is 6.30. The molecule has 1 aliphatic carbocycles. The SMILES string of the molecule is COCc1c(CNC2CC2)oc2c(F)cc(F)cc12. The number of rotatable bonds is 5. The van der Waals surface area contributed by atoms with Crippen LogP contribution in [-0.4, -0.2) is 13.2 Å². The van der Waals surface area contributed by atoms with Crippen molar-refractivity contribution in [2.45, 2.75) is 32.0 Å². The predicted octanol–water partition coefficient (Wildman–Crippen LogP) is 3.11. The van der Waals surface area contributed by atoms with E-state index in [1.54, 1.807) is 7.11 Å². The molecule has 1 N–H and O–H groups in total. The van der Waals surface area contributed by atoms with Crippen LogP contribution in [0.1, 0.15) is 24.2 Å². The number of hydrogen-bond donors (Lipinski definition) is 1. The second-order valence-corrected chi connectivity index (χ2v) is 4.86. The number of fused-ring (bicyclic) bond motifs is 1. The predicted molar refractivity (Wildman–Crippen MR) is 66.7 cm³/mol. The lowest BCUT2D eigenvalue weighted by Gasteiger charge is -2.03. The smallest absolute Gasteiger partial charge is 0.170 e. The number of methoxy groups -OCH3 is 1. The zero-order chi connectivity index (χ0) is 13.4. The molecule has 19 heavy (non-hydrogen) atoms. The first kappa shape index (κ1) is 12.6. The highest BCUT2D eigenvalue weighted by molar-refractivity contribution is 5.82. The van der Waals surface area contributed by atoms with Crippen LogP contribution in [0.4, 0.5) is 8.78 Å². The van der Waals surface area contributed by atoms with Gasteiger partial charge in [0, 0.05) is 30.2 Å². The van der Waals surface area contributed by atoms with E-state index in [2.05, 4.69) is 5.32 Å². The van der Waals surface area contributed by atoms with E-state index in [4.69, 9.17) is 9.15 Å². The summed E-state index contributed by atoms with van der Waals surface area (Å²) in [7, 11) is 1.55. The lowest BCUT2D eigenvalue weighted by Crippen LogP contribution is -2.15. The second kappa shape index (κ2) is 4.90. The fraction of sp³-hybridized carbons (Fsp3) is 0.429. The average Bonchev–Trinajstić information content (AvgIpc) is 3.13. The second-order valence-electron chi connectivity index (χ2n) is 4.86. The summed E-state index contributed by atoms with van der Waals surface area (Å²) in [4.78, 5) is 0. The van der Waals surface area contributed by atoms with E-state index < -0.39 is 11.6 Å². The van der Waals surface area contributed by atoms with Gasteiger partial charge in [-0.25, -0.2) is 8.78 Å². The third kappa shape index (κ3) is 2.48. The van der Waals surface area contributed by atoms with Gasteiger partial charge in [0.1, 0.15) is 11.6 Å². The van der Waals surface area contributed by atoms with Crippen LogP contribution in [0, 0.1) is 11.6 Å². The van der Waals surface area contributed by atoms with Crippen LogP contribution >= 0.6 is 0 Å². The highest BCUT2D eigenvalue weighted by Gasteiger charge is 2.23. The van der Waals surface area contributed by atoms with Gasteiger partial charge < -0.3 is 14.5 Å². The molecule has 0 atom stereocenters. The van der Waals surface area contributed by atoms with E-state index in [1.807, 2.05) is 0 Å². The molecule has 0 aliphatic heterocycles. The molecule has 1 saturated carbocycles. The molecular formula is C14H15F2NO2. The molecule has 102 valence electrons. The molecule has 0 amide bonds. The van der Waals surface area contributed by atoms with Gasteiger partial charge in [-0.1, -0.05) is 0 Å². The van der Waals surface area contributed by atoms with E-state index in [0.29, 0.717) is 29.3 Å². The Hall–Kier alpha value is -1.46. The fourth-order valence-electron chi connectivity index (χ4n) is 2.19. The number of benzene rings is 1. The maximum atomic E-state index is 13.7. The molecule has 1 fully saturated rings. The first-order chi connectivity index (χ1) is 9.19. The minimum absolute atomic E-state index is 0.0982. The van der Waals surface area contributed by atoms with Crippen molar-refractivity contribution in [3.63, 3.8) is 0 Å². The van der Waals surface area contributed by atoms with E-state index in [9.17, 15) is 8.78 Å². The molecular weight excluding hydrogens is 252 g/mol. The highest BCUT2D eigenvalue weighted by atomic mass is 19.1. The molecule has 3 rings (SSSR count). The molecule has 0 unspecified atom stereocenters. The summed E-state index contributed by atoms with van der Waals surface area (Å²) >= 11 is 0. The Morgan fingerprint density at radius 2 is 2.16 bits per heavy atom. The van der Waals surface area contributed by atoms with Crippen molar-refractivity contribution in [3.8, 4) is 0 Å². The van der Waals surface area contributed by atoms with Crippen LogP contribution in [0.3, 0.4) is 0 Å². The van der Waals surface area contributed by atoms with Gasteiger partial charge in [-0.15, -0.1) is 0 Å². The summed E-state index contributed by atoms with van der Waals surface area (Å²) in [5.41, 5.74) is 0.810. The van der Waals surface area contributed by atoms with E-state index in [1.165, 1.54) is 6.07 Å². The third-order valence-electron chi connectivity index (χ3n) is 3.31. The minimum Gasteiger partial charge on any atom is -0.456 e. The summed E-state index contributed by atoms with van der Waals surface area (Å²) in [6.45, 7) is 0.788. The Balaban J connectivity index is 2.03. The average molecular weight is 267 g/mol. The Morgan fingerprint density at radius 1 is 1.37 bits per heavy atom. The number of nitrogens with one attached hydrogen (secondary N) is 1. The molecule has 0 spiro atoms. The Morgan fingerprint density at radius 3 is 2.84 bits per heavy atom. The normalized spacial score (nSPS) is 15.3. The van der Waals surface area contributed by atoms with E-state index >= 15 is 0 Å². The van der Waals surface area contributed by atoms with Crippen molar-refractivity contribution < 1.29 is 17.9 Å². The lowest BCUT2D eigenvalue weighted by molar-refractivity contribution is 0.183. The van der Waals surface area contributed by atoms with Crippen LogP contribution < -0.4 is 5.32 Å². The maximum absolute atomic E-state index is 13.7. The molecule has 0 bridgehead atoms. The molecule has 5 heteroatoms. The molecule has 1 aliphatic rings. The summed E-state index contributed by atoms with van der Waals surface area (Å²) in [5.74, 6) is -0.664. The summed E-state index contributed by atoms with van der Waals surface area (Å²) in [6, 6.07) is 2.64. The number of ether oxygens (including phenoxy) is 1. The zero-order valence-electron chi connectivity index (χ0n) is 10.6. The molecule has 3 nitrogen and oxygen atoms in total. The standard InChI is InChI=1S/C14H15F2NO2/c1-18-7-11-10-4-8(15)5-12(16)14(10)19-13(11)6-17-9-2-3-9/h4-5,9,17H,2-3,6-7H2,1H3. The first-order valence-electron chi connectivity index (χ1n) is 6.30. The zero-order valence-corrected chi connectivity index (χ0v) is 10.6. The van der Waals surface area contributed by atoms with Gasteiger partial charge >= 0.3 is 0 Å². The van der Waals surface area contributed by atoms with Gasteiger partial charge in [-0.05, 0) is 18.9 Å². The lowest BCUT2D eigenvalue weighted by atomic mass is 10.1. The van der Waals surface area contributed by atoms with Crippen LogP contribution in [-0.2, 0) is 17.9 Å². The van der Waals surface area contributed by atoms with Gasteiger partial charge in [0.2, 0.25) is 0 Å². The van der Waals surface area contributed by atoms with Crippen molar-refractivity contribution in [1.82, 2.24) is 5.32 Å². The summed E-state index contributed by atoms with van der Waals surface area (Å²) in [6.07, 6.45) is 2.31. The maximum Gasteiger partial charge on any atom is 0.170 e. The number of hydrogen-bond acceptors (Lipinski definition) is 3. The molecule has 1 aromatic carbocycles. The number of furan rings is 1. The Labute approximate surface area is 109 Å². The van der Waals surface area contributed by atoms with Gasteiger partial charge in [-0.3, -0.25) is 0 Å². The van der Waals surface area contributed by atoms with E-state index in [-0.39, 0.29) is 12.2 Å². The fourth-order valence-corrected chi connectivity index (χ4v) is 2.19. The van der Waals surface area contributed by atoms with Gasteiger partial charge in [0.05, 0.1) is 13.2 Å². The minimum atomic E-state index is -0.676. The van der Waals surface area contributed by atoms with Crippen LogP contribution in [0.5, 0.6) is 0 Å². The van der Waals surface area contributed by atoms with Crippen LogP contribution in [0.15, 0.2) is 16.5 Å². The quantitative estimate of drug-likeness (QED) is 0.904. The largest absolute Gasteiger partial charge is 0.456 e. The summed E-state index contributed by atoms with van der Waals surface area (Å²) in [5, 5.41) is 3.75. The van der Waals surface area contributed by atoms with Crippen molar-refractivity contribution in [2.75, 3.05) is 7.11 Å². The Bertz CT molecular complexity index is 605. The Kier molecular flexibility index (Phi) is 3.24. The third-order valence-corrected chi connectivity index (χ3v) is 3.31. The van der Waals surface area contributed by atoms with Crippen molar-refractivity contribution >= 4 is 11.0 Å². The number of halogens is 2. The van der Waals surface area contributed by atoms with Gasteiger partial charge in [0.25, 0.3) is 0 Å². The highest BCUT2D eigenvalue weighted by Crippen LogP contribution is 2.30. The molecule has 1 heterocycles. The van der Waals surface area contributed by atoms with Gasteiger partial charge in [0.15, 0.2) is 11.4 Å². The van der Waals surface area contributed by atoms with Crippen molar-refractivity contribution in [1.29, 1.82) is 0 Å². The van der Waals surface area contributed by atoms with Crippen LogP contribution in [0.25, 0.3) is 11.0 Å². The monoisotopic (exact) mass is 267 g/mol. The molecule has 1 aromatic heterocycles. The van der Waals surface area contributed by atoms with Crippen molar-refractivity contribution in [3.05, 3.63) is 35.1 Å². The molecule has 2 aromatic rings. The topological polar surface area (TPSA) is 34.4 Å². The van der Waals surface area contributed by atoms with Crippen molar-refractivity contribution in [2.24, 2.45) is 0 Å². The molecule has 0 saturated heterocycles. The van der Waals surface area contributed by atoms with E-state index in [0.717, 1.165) is 18.9 Å². The van der Waals surface area contributed by atoms with Crippen LogP contribution in [0.2, 0.25) is 0 Å². The van der Waals surface area contributed by atoms with Gasteiger partial charge in [-0.2, -0.15) is 0 Å².